The Bertz CT molecular complexity index is 426. The fraction of sp³-hybridized carbons (Fsp3) is 0.500. The highest BCUT2D eigenvalue weighted by Gasteiger charge is 2.20. The van der Waals surface area contributed by atoms with Crippen LogP contribution in [0, 0.1) is 6.92 Å². The molecule has 2 rings (SSSR count). The molecule has 0 atom stereocenters. The Hall–Kier alpha value is -1.51. The lowest BCUT2D eigenvalue weighted by molar-refractivity contribution is -0.116. The van der Waals surface area contributed by atoms with Crippen molar-refractivity contribution in [1.82, 2.24) is 0 Å². The van der Waals surface area contributed by atoms with Crippen LogP contribution in [0.2, 0.25) is 0 Å². The molecule has 0 unspecified atom stereocenters. The van der Waals surface area contributed by atoms with Crippen molar-refractivity contribution in [2.45, 2.75) is 39.7 Å². The number of aryl methyl sites for hydroxylation is 1. The summed E-state index contributed by atoms with van der Waals surface area (Å²) in [5.41, 5.74) is 3.25. The van der Waals surface area contributed by atoms with E-state index in [1.54, 1.807) is 0 Å². The molecule has 0 fully saturated rings. The van der Waals surface area contributed by atoms with Crippen molar-refractivity contribution >= 4 is 17.3 Å². The summed E-state index contributed by atoms with van der Waals surface area (Å²) < 4.78 is 0. The fourth-order valence-corrected chi connectivity index (χ4v) is 2.32. The minimum absolute atomic E-state index is 0.129. The maximum absolute atomic E-state index is 11.7. The predicted molar refractivity (Wildman–Crippen MR) is 71.5 cm³/mol. The van der Waals surface area contributed by atoms with Crippen molar-refractivity contribution in [2.75, 3.05) is 16.8 Å². The molecule has 17 heavy (non-hydrogen) atoms. The predicted octanol–water partition coefficient (Wildman–Crippen LogP) is 2.94. The van der Waals surface area contributed by atoms with Gasteiger partial charge in [-0.2, -0.15) is 0 Å². The van der Waals surface area contributed by atoms with E-state index in [1.807, 2.05) is 13.0 Å². The average molecular weight is 232 g/mol. The number of nitrogens with zero attached hydrogens (tertiary/aromatic N) is 1. The van der Waals surface area contributed by atoms with Gasteiger partial charge in [-0.15, -0.1) is 0 Å². The van der Waals surface area contributed by atoms with Crippen LogP contribution in [-0.2, 0) is 4.79 Å². The summed E-state index contributed by atoms with van der Waals surface area (Å²) in [6.45, 7) is 7.37. The number of rotatable bonds is 1. The third kappa shape index (κ3) is 2.43. The topological polar surface area (TPSA) is 32.3 Å². The highest BCUT2D eigenvalue weighted by Crippen LogP contribution is 2.32. The van der Waals surface area contributed by atoms with Crippen LogP contribution in [0.15, 0.2) is 18.2 Å². The summed E-state index contributed by atoms with van der Waals surface area (Å²) in [7, 11) is 0. The van der Waals surface area contributed by atoms with Gasteiger partial charge in [-0.1, -0.05) is 12.1 Å². The summed E-state index contributed by atoms with van der Waals surface area (Å²) in [5, 5.41) is 3.03. The van der Waals surface area contributed by atoms with Gasteiger partial charge in [0.15, 0.2) is 0 Å². The first kappa shape index (κ1) is 12.0. The first-order valence-corrected chi connectivity index (χ1v) is 6.25. The molecule has 1 aliphatic rings. The molecule has 0 aromatic heterocycles. The summed E-state index contributed by atoms with van der Waals surface area (Å²) >= 11 is 0. The molecule has 0 saturated heterocycles. The van der Waals surface area contributed by atoms with Crippen LogP contribution in [0.3, 0.4) is 0 Å². The smallest absolute Gasteiger partial charge is 0.224 e. The maximum atomic E-state index is 11.7. The second-order valence-electron chi connectivity index (χ2n) is 4.91. The minimum atomic E-state index is 0.129. The number of carbonyl (C=O) groups is 1. The van der Waals surface area contributed by atoms with E-state index in [-0.39, 0.29) is 5.91 Å². The molecule has 1 heterocycles. The maximum Gasteiger partial charge on any atom is 0.224 e. The molecular weight excluding hydrogens is 212 g/mol. The van der Waals surface area contributed by atoms with E-state index in [2.05, 4.69) is 36.2 Å². The van der Waals surface area contributed by atoms with Crippen LogP contribution in [0.4, 0.5) is 11.4 Å². The Kier molecular flexibility index (Phi) is 3.36. The second-order valence-corrected chi connectivity index (χ2v) is 4.91. The highest BCUT2D eigenvalue weighted by molar-refractivity contribution is 5.96. The summed E-state index contributed by atoms with van der Waals surface area (Å²) in [5.74, 6) is 0.129. The molecule has 0 spiro atoms. The monoisotopic (exact) mass is 232 g/mol. The van der Waals surface area contributed by atoms with Crippen LogP contribution in [0.5, 0.6) is 0 Å². The quantitative estimate of drug-likeness (QED) is 0.807. The molecule has 0 saturated carbocycles. The van der Waals surface area contributed by atoms with E-state index >= 15 is 0 Å². The lowest BCUT2D eigenvalue weighted by Crippen LogP contribution is -2.35. The molecular formula is C14H20N2O. The van der Waals surface area contributed by atoms with Gasteiger partial charge in [0.05, 0.1) is 11.4 Å². The van der Waals surface area contributed by atoms with E-state index in [0.717, 1.165) is 29.9 Å². The van der Waals surface area contributed by atoms with Crippen molar-refractivity contribution < 1.29 is 4.79 Å². The van der Waals surface area contributed by atoms with Crippen LogP contribution in [-0.4, -0.2) is 18.5 Å². The highest BCUT2D eigenvalue weighted by atomic mass is 16.1. The van der Waals surface area contributed by atoms with Crippen LogP contribution < -0.4 is 10.2 Å². The molecule has 1 amide bonds. The summed E-state index contributed by atoms with van der Waals surface area (Å²) in [6.07, 6.45) is 1.52. The lowest BCUT2D eigenvalue weighted by Gasteiger charge is -2.33. The zero-order valence-electron chi connectivity index (χ0n) is 10.8. The summed E-state index contributed by atoms with van der Waals surface area (Å²) in [6, 6.07) is 6.63. The number of amides is 1. The number of hydrogen-bond acceptors (Lipinski definition) is 2. The Labute approximate surface area is 103 Å². The summed E-state index contributed by atoms with van der Waals surface area (Å²) in [4.78, 5) is 14.1. The molecule has 3 heteroatoms. The average Bonchev–Trinajstić information content (AvgIpc) is 2.24. The molecule has 3 nitrogen and oxygen atoms in total. The number of fused-ring (bicyclic) bond motifs is 1. The van der Waals surface area contributed by atoms with Crippen LogP contribution in [0.1, 0.15) is 32.3 Å². The number of hydrogen-bond donors (Lipinski definition) is 1. The Balaban J connectivity index is 2.48. The molecule has 1 N–H and O–H groups in total. The van der Waals surface area contributed by atoms with Crippen molar-refractivity contribution in [3.8, 4) is 0 Å². The van der Waals surface area contributed by atoms with Crippen LogP contribution >= 0.6 is 0 Å². The van der Waals surface area contributed by atoms with E-state index in [4.69, 9.17) is 0 Å². The van der Waals surface area contributed by atoms with Gasteiger partial charge in [0.1, 0.15) is 0 Å². The second kappa shape index (κ2) is 4.78. The van der Waals surface area contributed by atoms with Gasteiger partial charge >= 0.3 is 0 Å². The Morgan fingerprint density at radius 3 is 2.82 bits per heavy atom. The first-order valence-electron chi connectivity index (χ1n) is 6.25. The largest absolute Gasteiger partial charge is 0.367 e. The normalized spacial score (nSPS) is 16.2. The van der Waals surface area contributed by atoms with E-state index in [1.165, 1.54) is 0 Å². The first-order chi connectivity index (χ1) is 8.09. The number of nitrogens with one attached hydrogen (secondary N) is 1. The van der Waals surface area contributed by atoms with Crippen molar-refractivity contribution in [2.24, 2.45) is 0 Å². The third-order valence-corrected chi connectivity index (χ3v) is 3.25. The van der Waals surface area contributed by atoms with Crippen molar-refractivity contribution in [3.63, 3.8) is 0 Å². The molecule has 0 radical (unpaired) electrons. The number of benzene rings is 1. The van der Waals surface area contributed by atoms with Gasteiger partial charge in [0.25, 0.3) is 0 Å². The fourth-order valence-electron chi connectivity index (χ4n) is 2.32. The van der Waals surface area contributed by atoms with Gasteiger partial charge in [-0.3, -0.25) is 4.79 Å². The van der Waals surface area contributed by atoms with Gasteiger partial charge in [0, 0.05) is 19.0 Å². The third-order valence-electron chi connectivity index (χ3n) is 3.25. The number of carbonyl (C=O) groups excluding carboxylic acids is 1. The number of anilines is 2. The molecule has 0 aliphatic carbocycles. The van der Waals surface area contributed by atoms with Gasteiger partial charge in [-0.05, 0) is 38.8 Å². The zero-order valence-corrected chi connectivity index (χ0v) is 10.8. The molecule has 1 aromatic carbocycles. The Morgan fingerprint density at radius 2 is 2.12 bits per heavy atom. The standard InChI is InChI=1S/C14H20N2O/c1-10(2)16-9-5-8-13(17)15-14-11(3)6-4-7-12(14)16/h4,6-7,10H,5,8-9H2,1-3H3,(H,15,17). The zero-order chi connectivity index (χ0) is 12.4. The van der Waals surface area contributed by atoms with E-state index in [9.17, 15) is 4.79 Å². The number of para-hydroxylation sites is 1. The minimum Gasteiger partial charge on any atom is -0.367 e. The van der Waals surface area contributed by atoms with E-state index < -0.39 is 0 Å². The van der Waals surface area contributed by atoms with Gasteiger partial charge in [0.2, 0.25) is 5.91 Å². The van der Waals surface area contributed by atoms with Gasteiger partial charge < -0.3 is 10.2 Å². The van der Waals surface area contributed by atoms with Crippen LogP contribution in [0.25, 0.3) is 0 Å². The van der Waals surface area contributed by atoms with E-state index in [0.29, 0.717) is 12.5 Å². The molecule has 92 valence electrons. The van der Waals surface area contributed by atoms with Crippen molar-refractivity contribution in [1.29, 1.82) is 0 Å². The molecule has 1 aliphatic heterocycles. The molecule has 1 aromatic rings. The van der Waals surface area contributed by atoms with Crippen molar-refractivity contribution in [3.05, 3.63) is 23.8 Å². The SMILES string of the molecule is Cc1cccc2c1NC(=O)CCCN2C(C)C. The molecule has 0 bridgehead atoms. The lowest BCUT2D eigenvalue weighted by atomic mass is 10.1. The Morgan fingerprint density at radius 1 is 1.35 bits per heavy atom. The van der Waals surface area contributed by atoms with Gasteiger partial charge in [-0.25, -0.2) is 0 Å².